The van der Waals surface area contributed by atoms with Crippen LogP contribution in [0.2, 0.25) is 0 Å². The minimum absolute atomic E-state index is 0.0220. The summed E-state index contributed by atoms with van der Waals surface area (Å²) in [6, 6.07) is 0. The molecule has 0 aliphatic heterocycles. The molecule has 1 amide bonds. The van der Waals surface area contributed by atoms with E-state index < -0.39 is 12.0 Å². The van der Waals surface area contributed by atoms with Crippen molar-refractivity contribution >= 4 is 22.6 Å². The summed E-state index contributed by atoms with van der Waals surface area (Å²) in [5, 5.41) is 12.3. The zero-order valence-electron chi connectivity index (χ0n) is 9.43. The first-order chi connectivity index (χ1) is 7.49. The first kappa shape index (κ1) is 13.0. The molecule has 1 rings (SSSR count). The normalized spacial score (nSPS) is 12.8. The summed E-state index contributed by atoms with van der Waals surface area (Å²) in [6.45, 7) is 5.36. The lowest BCUT2D eigenvalue weighted by Crippen LogP contribution is -2.32. The number of anilines is 1. The second kappa shape index (κ2) is 5.88. The van der Waals surface area contributed by atoms with E-state index in [-0.39, 0.29) is 12.7 Å². The highest BCUT2D eigenvalue weighted by molar-refractivity contribution is 7.09. The monoisotopic (exact) mass is 245 g/mol. The summed E-state index contributed by atoms with van der Waals surface area (Å²) in [5.41, 5.74) is 0. The van der Waals surface area contributed by atoms with Crippen LogP contribution in [0.15, 0.2) is 0 Å². The van der Waals surface area contributed by atoms with Gasteiger partial charge in [0.05, 0.1) is 12.7 Å². The summed E-state index contributed by atoms with van der Waals surface area (Å²) in [6.07, 6.45) is -1.21. The van der Waals surface area contributed by atoms with Crippen LogP contribution in [0.5, 0.6) is 0 Å². The summed E-state index contributed by atoms with van der Waals surface area (Å²) >= 11 is 1.07. The predicted molar refractivity (Wildman–Crippen MR) is 60.4 cm³/mol. The fourth-order valence-corrected chi connectivity index (χ4v) is 1.47. The molecule has 1 heterocycles. The maximum atomic E-state index is 11.4. The van der Waals surface area contributed by atoms with Crippen molar-refractivity contribution in [1.82, 2.24) is 9.36 Å². The largest absolute Gasteiger partial charge is 0.381 e. The van der Waals surface area contributed by atoms with E-state index in [1.807, 2.05) is 13.8 Å². The SMILES string of the molecule is Cc1nsc(NC(=O)[C@@H](O)COC(C)C)n1. The number of aromatic nitrogens is 2. The van der Waals surface area contributed by atoms with Gasteiger partial charge in [0.1, 0.15) is 5.82 Å². The van der Waals surface area contributed by atoms with Crippen LogP contribution in [-0.2, 0) is 9.53 Å². The van der Waals surface area contributed by atoms with Gasteiger partial charge in [0, 0.05) is 11.5 Å². The van der Waals surface area contributed by atoms with Crippen LogP contribution < -0.4 is 5.32 Å². The maximum absolute atomic E-state index is 11.4. The highest BCUT2D eigenvalue weighted by atomic mass is 32.1. The molecular formula is C9H15N3O3S. The Morgan fingerprint density at radius 3 is 2.81 bits per heavy atom. The quantitative estimate of drug-likeness (QED) is 0.792. The lowest BCUT2D eigenvalue weighted by atomic mass is 10.3. The fraction of sp³-hybridized carbons (Fsp3) is 0.667. The van der Waals surface area contributed by atoms with Gasteiger partial charge in [-0.05, 0) is 20.8 Å². The molecular weight excluding hydrogens is 230 g/mol. The average molecular weight is 245 g/mol. The number of carbonyl (C=O) groups excluding carboxylic acids is 1. The number of hydrogen-bond donors (Lipinski definition) is 2. The number of aliphatic hydroxyl groups is 1. The Kier molecular flexibility index (Phi) is 4.78. The summed E-state index contributed by atoms with van der Waals surface area (Å²) < 4.78 is 9.03. The molecule has 0 radical (unpaired) electrons. The van der Waals surface area contributed by atoms with E-state index in [0.717, 1.165) is 11.5 Å². The van der Waals surface area contributed by atoms with Gasteiger partial charge in [-0.15, -0.1) is 0 Å². The lowest BCUT2D eigenvalue weighted by molar-refractivity contribution is -0.127. The summed E-state index contributed by atoms with van der Waals surface area (Å²) in [5.74, 6) is 0.0602. The van der Waals surface area contributed by atoms with Gasteiger partial charge < -0.3 is 9.84 Å². The Morgan fingerprint density at radius 2 is 2.31 bits per heavy atom. The number of rotatable bonds is 5. The van der Waals surface area contributed by atoms with Crippen molar-refractivity contribution in [2.45, 2.75) is 33.0 Å². The molecule has 0 spiro atoms. The Labute approximate surface area is 97.8 Å². The van der Waals surface area contributed by atoms with Crippen LogP contribution >= 0.6 is 11.5 Å². The van der Waals surface area contributed by atoms with Crippen LogP contribution in [0, 0.1) is 6.92 Å². The number of hydrogen-bond acceptors (Lipinski definition) is 6. The molecule has 90 valence electrons. The van der Waals surface area contributed by atoms with E-state index in [9.17, 15) is 9.90 Å². The minimum Gasteiger partial charge on any atom is -0.381 e. The van der Waals surface area contributed by atoms with Gasteiger partial charge in [0.2, 0.25) is 5.13 Å². The Balaban J connectivity index is 2.39. The highest BCUT2D eigenvalue weighted by Gasteiger charge is 2.17. The van der Waals surface area contributed by atoms with Crippen molar-refractivity contribution in [2.75, 3.05) is 11.9 Å². The van der Waals surface area contributed by atoms with E-state index in [2.05, 4.69) is 14.7 Å². The lowest BCUT2D eigenvalue weighted by Gasteiger charge is -2.12. The number of carbonyl (C=O) groups is 1. The number of aliphatic hydroxyl groups excluding tert-OH is 1. The molecule has 16 heavy (non-hydrogen) atoms. The molecule has 0 bridgehead atoms. The van der Waals surface area contributed by atoms with Crippen molar-refractivity contribution in [3.8, 4) is 0 Å². The number of amides is 1. The molecule has 6 nitrogen and oxygen atoms in total. The molecule has 0 saturated heterocycles. The van der Waals surface area contributed by atoms with Gasteiger partial charge in [0.25, 0.3) is 5.91 Å². The van der Waals surface area contributed by atoms with E-state index in [1.54, 1.807) is 6.92 Å². The number of aryl methyl sites for hydroxylation is 1. The van der Waals surface area contributed by atoms with Crippen molar-refractivity contribution < 1.29 is 14.6 Å². The Bertz CT molecular complexity index is 354. The number of nitrogens with zero attached hydrogens (tertiary/aromatic N) is 2. The van der Waals surface area contributed by atoms with Crippen LogP contribution in [0.25, 0.3) is 0 Å². The number of ether oxygens (including phenoxy) is 1. The summed E-state index contributed by atoms with van der Waals surface area (Å²) in [7, 11) is 0. The van der Waals surface area contributed by atoms with E-state index in [1.165, 1.54) is 0 Å². The molecule has 1 aromatic rings. The first-order valence-corrected chi connectivity index (χ1v) is 5.67. The van der Waals surface area contributed by atoms with Crippen LogP contribution in [0.3, 0.4) is 0 Å². The molecule has 0 aliphatic rings. The third-order valence-electron chi connectivity index (χ3n) is 1.65. The summed E-state index contributed by atoms with van der Waals surface area (Å²) in [4.78, 5) is 15.4. The molecule has 1 atom stereocenters. The third kappa shape index (κ3) is 4.21. The minimum atomic E-state index is -1.19. The van der Waals surface area contributed by atoms with Gasteiger partial charge in [-0.1, -0.05) is 0 Å². The molecule has 2 N–H and O–H groups in total. The van der Waals surface area contributed by atoms with E-state index in [0.29, 0.717) is 11.0 Å². The van der Waals surface area contributed by atoms with Gasteiger partial charge in [0.15, 0.2) is 6.10 Å². The van der Waals surface area contributed by atoms with Gasteiger partial charge in [-0.25, -0.2) is 4.98 Å². The predicted octanol–water partition coefficient (Wildman–Crippen LogP) is 0.571. The van der Waals surface area contributed by atoms with Crippen LogP contribution in [0.1, 0.15) is 19.7 Å². The third-order valence-corrected chi connectivity index (χ3v) is 2.37. The van der Waals surface area contributed by atoms with Crippen molar-refractivity contribution in [1.29, 1.82) is 0 Å². The van der Waals surface area contributed by atoms with E-state index >= 15 is 0 Å². The molecule has 0 aromatic carbocycles. The first-order valence-electron chi connectivity index (χ1n) is 4.90. The molecule has 0 unspecified atom stereocenters. The van der Waals surface area contributed by atoms with Gasteiger partial charge in [-0.2, -0.15) is 4.37 Å². The van der Waals surface area contributed by atoms with Gasteiger partial charge >= 0.3 is 0 Å². The molecule has 0 saturated carbocycles. The van der Waals surface area contributed by atoms with Crippen LogP contribution in [0.4, 0.5) is 5.13 Å². The molecule has 7 heteroatoms. The van der Waals surface area contributed by atoms with E-state index in [4.69, 9.17) is 4.74 Å². The van der Waals surface area contributed by atoms with Crippen molar-refractivity contribution in [2.24, 2.45) is 0 Å². The standard InChI is InChI=1S/C9H15N3O3S/c1-5(2)15-4-7(13)8(14)11-9-10-6(3)12-16-9/h5,7,13H,4H2,1-3H3,(H,10,11,12,14)/t7-/m0/s1. The zero-order valence-corrected chi connectivity index (χ0v) is 10.2. The second-order valence-electron chi connectivity index (χ2n) is 3.53. The number of nitrogens with one attached hydrogen (secondary N) is 1. The Hall–Kier alpha value is -1.05. The van der Waals surface area contributed by atoms with Crippen molar-refractivity contribution in [3.05, 3.63) is 5.82 Å². The van der Waals surface area contributed by atoms with Crippen LogP contribution in [-0.4, -0.2) is 39.2 Å². The molecule has 0 aliphatic carbocycles. The van der Waals surface area contributed by atoms with Gasteiger partial charge in [-0.3, -0.25) is 10.1 Å². The fourth-order valence-electron chi connectivity index (χ4n) is 0.896. The maximum Gasteiger partial charge on any atom is 0.257 e. The second-order valence-corrected chi connectivity index (χ2v) is 4.29. The highest BCUT2D eigenvalue weighted by Crippen LogP contribution is 2.10. The molecule has 1 aromatic heterocycles. The van der Waals surface area contributed by atoms with Crippen molar-refractivity contribution in [3.63, 3.8) is 0 Å². The zero-order chi connectivity index (χ0) is 12.1. The topological polar surface area (TPSA) is 84.3 Å². The average Bonchev–Trinajstić information content (AvgIpc) is 2.60. The Morgan fingerprint density at radius 1 is 1.62 bits per heavy atom. The smallest absolute Gasteiger partial charge is 0.257 e. The molecule has 0 fully saturated rings.